The molecule has 19 heavy (non-hydrogen) atoms. The molecule has 0 fully saturated rings. The van der Waals surface area contributed by atoms with E-state index in [0.717, 1.165) is 4.47 Å². The highest BCUT2D eigenvalue weighted by molar-refractivity contribution is 9.10. The fraction of sp³-hybridized carbons (Fsp3) is 0.143. The summed E-state index contributed by atoms with van der Waals surface area (Å²) in [6.07, 6.45) is 0.366. The summed E-state index contributed by atoms with van der Waals surface area (Å²) in [5.74, 6) is -0.462. The molecule has 0 aliphatic heterocycles. The van der Waals surface area contributed by atoms with Crippen molar-refractivity contribution in [3.05, 3.63) is 63.4 Å². The topological polar surface area (TPSA) is 29.1 Å². The molecule has 0 saturated heterocycles. The fourth-order valence-electron chi connectivity index (χ4n) is 1.67. The van der Waals surface area contributed by atoms with Crippen molar-refractivity contribution in [2.75, 3.05) is 0 Å². The van der Waals surface area contributed by atoms with E-state index in [1.165, 1.54) is 17.4 Å². The zero-order valence-electron chi connectivity index (χ0n) is 10.0. The van der Waals surface area contributed by atoms with Crippen LogP contribution in [0.3, 0.4) is 0 Å². The first-order valence-electron chi connectivity index (χ1n) is 5.67. The molecule has 0 unspecified atom stereocenters. The van der Waals surface area contributed by atoms with Crippen LogP contribution in [0.1, 0.15) is 15.2 Å². The number of halogens is 2. The van der Waals surface area contributed by atoms with Crippen molar-refractivity contribution >= 4 is 33.2 Å². The van der Waals surface area contributed by atoms with E-state index in [1.54, 1.807) is 24.3 Å². The number of carbonyl (C=O) groups is 1. The van der Waals surface area contributed by atoms with Crippen LogP contribution in [0.15, 0.2) is 40.2 Å². The maximum absolute atomic E-state index is 13.5. The number of hydrogen-bond donors (Lipinski definition) is 1. The zero-order valence-corrected chi connectivity index (χ0v) is 12.4. The third-order valence-corrected chi connectivity index (χ3v) is 4.24. The molecule has 1 amide bonds. The molecular formula is C14H12BrFNOS. The smallest absolute Gasteiger partial charge is 0.261 e. The molecule has 0 saturated carbocycles. The molecule has 0 aliphatic carbocycles. The van der Waals surface area contributed by atoms with Crippen molar-refractivity contribution in [1.82, 2.24) is 5.32 Å². The van der Waals surface area contributed by atoms with Crippen LogP contribution in [-0.2, 0) is 6.42 Å². The van der Waals surface area contributed by atoms with Crippen LogP contribution < -0.4 is 5.32 Å². The maximum Gasteiger partial charge on any atom is 0.261 e. The summed E-state index contributed by atoms with van der Waals surface area (Å²) < 4.78 is 14.3. The third-order valence-electron chi connectivity index (χ3n) is 2.55. The van der Waals surface area contributed by atoms with Crippen molar-refractivity contribution < 1.29 is 9.18 Å². The van der Waals surface area contributed by atoms with Crippen LogP contribution in [0.2, 0.25) is 0 Å². The number of rotatable bonds is 4. The highest BCUT2D eigenvalue weighted by Crippen LogP contribution is 2.19. The van der Waals surface area contributed by atoms with E-state index >= 15 is 0 Å². The predicted molar refractivity (Wildman–Crippen MR) is 78.7 cm³/mol. The number of carbonyl (C=O) groups excluding carboxylic acids is 1. The summed E-state index contributed by atoms with van der Waals surface area (Å²) in [4.78, 5) is 12.5. The number of hydrogen-bond acceptors (Lipinski definition) is 2. The van der Waals surface area contributed by atoms with Crippen LogP contribution >= 0.6 is 27.3 Å². The monoisotopic (exact) mass is 340 g/mol. The van der Waals surface area contributed by atoms with E-state index in [2.05, 4.69) is 28.2 Å². The molecule has 1 atom stereocenters. The van der Waals surface area contributed by atoms with Crippen molar-refractivity contribution in [1.29, 1.82) is 0 Å². The molecular weight excluding hydrogens is 329 g/mol. The Bertz CT molecular complexity index is 584. The first kappa shape index (κ1) is 14.2. The van der Waals surface area contributed by atoms with Gasteiger partial charge < -0.3 is 5.32 Å². The number of thiophene rings is 1. The number of amides is 1. The van der Waals surface area contributed by atoms with Gasteiger partial charge in [-0.15, -0.1) is 11.3 Å². The Morgan fingerprint density at radius 1 is 1.47 bits per heavy atom. The quantitative estimate of drug-likeness (QED) is 0.900. The van der Waals surface area contributed by atoms with E-state index in [4.69, 9.17) is 0 Å². The Morgan fingerprint density at radius 3 is 2.84 bits per heavy atom. The molecule has 1 N–H and O–H groups in total. The summed E-state index contributed by atoms with van der Waals surface area (Å²) in [7, 11) is 0. The Balaban J connectivity index is 1.96. The molecule has 2 aromatic rings. The summed E-state index contributed by atoms with van der Waals surface area (Å²) in [5, 5.41) is 4.60. The third kappa shape index (κ3) is 3.88. The lowest BCUT2D eigenvalue weighted by Gasteiger charge is -2.13. The molecule has 1 aromatic carbocycles. The molecule has 1 radical (unpaired) electrons. The number of nitrogens with one attached hydrogen (secondary N) is 1. The van der Waals surface area contributed by atoms with Gasteiger partial charge in [0.15, 0.2) is 0 Å². The standard InChI is InChI=1S/C14H12BrFNOS/c1-9(6-10-4-2-3-5-12(10)16)17-14(18)13-7-11(15)8-19-13/h2-5,7-9H,1,6H2,(H,17,18)/t9-/m0/s1. The highest BCUT2D eigenvalue weighted by Gasteiger charge is 2.13. The molecule has 1 aromatic heterocycles. The van der Waals surface area contributed by atoms with Gasteiger partial charge in [-0.1, -0.05) is 18.2 Å². The fourth-order valence-corrected chi connectivity index (χ4v) is 3.00. The van der Waals surface area contributed by atoms with Gasteiger partial charge in [-0.2, -0.15) is 0 Å². The minimum atomic E-state index is -0.370. The second-order valence-electron chi connectivity index (χ2n) is 4.10. The molecule has 1 heterocycles. The van der Waals surface area contributed by atoms with Crippen LogP contribution in [0.25, 0.3) is 0 Å². The largest absolute Gasteiger partial charge is 0.348 e. The highest BCUT2D eigenvalue weighted by atomic mass is 79.9. The summed E-state index contributed by atoms with van der Waals surface area (Å²) in [6.45, 7) is 3.84. The second-order valence-corrected chi connectivity index (χ2v) is 5.92. The molecule has 0 bridgehead atoms. The Labute approximate surface area is 123 Å². The number of benzene rings is 1. The van der Waals surface area contributed by atoms with Gasteiger partial charge in [-0.3, -0.25) is 4.79 Å². The van der Waals surface area contributed by atoms with E-state index in [-0.39, 0.29) is 17.8 Å². The SMILES string of the molecule is [CH2][C@@H](Cc1ccccc1F)NC(=O)c1cc(Br)cs1. The Kier molecular flexibility index (Phi) is 4.71. The van der Waals surface area contributed by atoms with Gasteiger partial charge >= 0.3 is 0 Å². The minimum Gasteiger partial charge on any atom is -0.348 e. The van der Waals surface area contributed by atoms with Crippen molar-refractivity contribution in [2.45, 2.75) is 12.5 Å². The minimum absolute atomic E-state index is 0.188. The van der Waals surface area contributed by atoms with Crippen molar-refractivity contribution in [3.63, 3.8) is 0 Å². The molecule has 0 aliphatic rings. The molecule has 2 rings (SSSR count). The molecule has 5 heteroatoms. The normalized spacial score (nSPS) is 12.2. The van der Waals surface area contributed by atoms with Crippen LogP contribution in [-0.4, -0.2) is 11.9 Å². The van der Waals surface area contributed by atoms with Crippen molar-refractivity contribution in [3.8, 4) is 0 Å². The molecule has 99 valence electrons. The zero-order chi connectivity index (χ0) is 13.8. The lowest BCUT2D eigenvalue weighted by molar-refractivity contribution is 0.0948. The predicted octanol–water partition coefficient (Wildman–Crippen LogP) is 3.82. The van der Waals surface area contributed by atoms with E-state index in [9.17, 15) is 9.18 Å². The van der Waals surface area contributed by atoms with Gasteiger partial charge in [-0.25, -0.2) is 4.39 Å². The first-order valence-corrected chi connectivity index (χ1v) is 7.35. The summed E-state index contributed by atoms with van der Waals surface area (Å²) in [6, 6.07) is 7.88. The van der Waals surface area contributed by atoms with Crippen LogP contribution in [0.4, 0.5) is 4.39 Å². The van der Waals surface area contributed by atoms with E-state index in [1.807, 2.05) is 5.38 Å². The molecule has 2 nitrogen and oxygen atoms in total. The summed E-state index contributed by atoms with van der Waals surface area (Å²) in [5.41, 5.74) is 0.551. The molecule has 0 spiro atoms. The lowest BCUT2D eigenvalue weighted by Crippen LogP contribution is -2.34. The van der Waals surface area contributed by atoms with E-state index < -0.39 is 0 Å². The first-order chi connectivity index (χ1) is 9.06. The Morgan fingerprint density at radius 2 is 2.21 bits per heavy atom. The Hall–Kier alpha value is -1.20. The lowest BCUT2D eigenvalue weighted by atomic mass is 10.1. The van der Waals surface area contributed by atoms with Crippen LogP contribution in [0, 0.1) is 12.7 Å². The van der Waals surface area contributed by atoms with Gasteiger partial charge in [-0.05, 0) is 47.0 Å². The van der Waals surface area contributed by atoms with Gasteiger partial charge in [0.25, 0.3) is 5.91 Å². The van der Waals surface area contributed by atoms with Crippen molar-refractivity contribution in [2.24, 2.45) is 0 Å². The maximum atomic E-state index is 13.5. The average molecular weight is 341 g/mol. The van der Waals surface area contributed by atoms with Gasteiger partial charge in [0.2, 0.25) is 0 Å². The van der Waals surface area contributed by atoms with Gasteiger partial charge in [0, 0.05) is 15.9 Å². The second kappa shape index (κ2) is 6.30. The van der Waals surface area contributed by atoms with E-state index in [0.29, 0.717) is 16.9 Å². The average Bonchev–Trinajstić information content (AvgIpc) is 2.79. The van der Waals surface area contributed by atoms with Gasteiger partial charge in [0.1, 0.15) is 5.82 Å². The summed E-state index contributed by atoms with van der Waals surface area (Å²) >= 11 is 4.64. The van der Waals surface area contributed by atoms with Gasteiger partial charge in [0.05, 0.1) is 4.88 Å². The van der Waals surface area contributed by atoms with Crippen LogP contribution in [0.5, 0.6) is 0 Å².